The maximum atomic E-state index is 4.82. The lowest BCUT2D eigenvalue weighted by Crippen LogP contribution is -2.13. The van der Waals surface area contributed by atoms with Crippen molar-refractivity contribution in [3.63, 3.8) is 0 Å². The highest BCUT2D eigenvalue weighted by Crippen LogP contribution is 2.30. The Balaban J connectivity index is 2.25. The monoisotopic (exact) mass is 274 g/mol. The van der Waals surface area contributed by atoms with Crippen LogP contribution in [0.4, 0.5) is 0 Å². The molecule has 1 N–H and O–H groups in total. The molecule has 0 bridgehead atoms. The summed E-state index contributed by atoms with van der Waals surface area (Å²) in [7, 11) is 0. The van der Waals surface area contributed by atoms with E-state index in [4.69, 9.17) is 4.98 Å². The van der Waals surface area contributed by atoms with Gasteiger partial charge in [0.15, 0.2) is 0 Å². The number of benzene rings is 1. The van der Waals surface area contributed by atoms with Crippen molar-refractivity contribution in [2.45, 2.75) is 40.2 Å². The molecular weight excluding hydrogens is 252 g/mol. The van der Waals surface area contributed by atoms with Gasteiger partial charge in [0, 0.05) is 17.0 Å². The zero-order valence-electron chi connectivity index (χ0n) is 12.0. The highest BCUT2D eigenvalue weighted by Gasteiger charge is 2.12. The van der Waals surface area contributed by atoms with E-state index in [1.54, 1.807) is 0 Å². The van der Waals surface area contributed by atoms with Crippen LogP contribution in [0.15, 0.2) is 24.3 Å². The Hall–Kier alpha value is -1.19. The van der Waals surface area contributed by atoms with Crippen LogP contribution < -0.4 is 5.32 Å². The summed E-state index contributed by atoms with van der Waals surface area (Å²) >= 11 is 1.83. The molecule has 0 fully saturated rings. The summed E-state index contributed by atoms with van der Waals surface area (Å²) in [6, 6.07) is 8.48. The summed E-state index contributed by atoms with van der Waals surface area (Å²) < 4.78 is 0. The molecule has 0 aliphatic rings. The lowest BCUT2D eigenvalue weighted by Gasteiger charge is -2.01. The highest BCUT2D eigenvalue weighted by atomic mass is 32.1. The molecule has 1 aromatic carbocycles. The third-order valence-electron chi connectivity index (χ3n) is 3.20. The second-order valence-corrected chi connectivity index (χ2v) is 5.82. The Morgan fingerprint density at radius 2 is 2.00 bits per heavy atom. The van der Waals surface area contributed by atoms with Crippen LogP contribution in [0.25, 0.3) is 10.6 Å². The number of hydrogen-bond acceptors (Lipinski definition) is 3. The smallest absolute Gasteiger partial charge is 0.124 e. The summed E-state index contributed by atoms with van der Waals surface area (Å²) in [5, 5.41) is 4.63. The average Bonchev–Trinajstić information content (AvgIpc) is 2.83. The molecule has 3 heteroatoms. The van der Waals surface area contributed by atoms with Gasteiger partial charge in [0.1, 0.15) is 5.01 Å². The molecule has 0 radical (unpaired) electrons. The fraction of sp³-hybridized carbons (Fsp3) is 0.438. The second-order valence-electron chi connectivity index (χ2n) is 4.73. The van der Waals surface area contributed by atoms with E-state index >= 15 is 0 Å². The van der Waals surface area contributed by atoms with Gasteiger partial charge in [0.2, 0.25) is 0 Å². The largest absolute Gasteiger partial charge is 0.312 e. The SMILES string of the molecule is CCCNCc1sc(-c2ccccc2C)nc1CC. The molecule has 0 atom stereocenters. The lowest BCUT2D eigenvalue weighted by molar-refractivity contribution is 0.677. The molecule has 0 aliphatic carbocycles. The Morgan fingerprint density at radius 3 is 2.68 bits per heavy atom. The van der Waals surface area contributed by atoms with E-state index in [2.05, 4.69) is 50.4 Å². The molecule has 0 saturated heterocycles. The first-order chi connectivity index (χ1) is 9.26. The van der Waals surface area contributed by atoms with Crippen LogP contribution in [0, 0.1) is 6.92 Å². The minimum absolute atomic E-state index is 0.945. The van der Waals surface area contributed by atoms with Crippen LogP contribution in [0.2, 0.25) is 0 Å². The first kappa shape index (κ1) is 14.2. The van der Waals surface area contributed by atoms with Crippen LogP contribution in [-0.4, -0.2) is 11.5 Å². The average molecular weight is 274 g/mol. The van der Waals surface area contributed by atoms with Crippen LogP contribution in [0.1, 0.15) is 36.4 Å². The summed E-state index contributed by atoms with van der Waals surface area (Å²) in [4.78, 5) is 6.20. The molecule has 0 spiro atoms. The maximum Gasteiger partial charge on any atom is 0.124 e. The summed E-state index contributed by atoms with van der Waals surface area (Å²) in [6.07, 6.45) is 2.18. The van der Waals surface area contributed by atoms with Gasteiger partial charge in [-0.25, -0.2) is 4.98 Å². The van der Waals surface area contributed by atoms with Gasteiger partial charge in [-0.2, -0.15) is 0 Å². The quantitative estimate of drug-likeness (QED) is 0.799. The van der Waals surface area contributed by atoms with Crippen LogP contribution >= 0.6 is 11.3 Å². The number of hydrogen-bond donors (Lipinski definition) is 1. The van der Waals surface area contributed by atoms with Gasteiger partial charge in [-0.15, -0.1) is 11.3 Å². The third-order valence-corrected chi connectivity index (χ3v) is 4.33. The first-order valence-corrected chi connectivity index (χ1v) is 7.83. The number of rotatable bonds is 6. The molecule has 102 valence electrons. The van der Waals surface area contributed by atoms with Gasteiger partial charge < -0.3 is 5.32 Å². The van der Waals surface area contributed by atoms with Crippen molar-refractivity contribution >= 4 is 11.3 Å². The normalized spacial score (nSPS) is 10.9. The van der Waals surface area contributed by atoms with E-state index < -0.39 is 0 Å². The van der Waals surface area contributed by atoms with Gasteiger partial charge >= 0.3 is 0 Å². The van der Waals surface area contributed by atoms with Crippen molar-refractivity contribution in [1.82, 2.24) is 10.3 Å². The fourth-order valence-corrected chi connectivity index (χ4v) is 3.31. The van der Waals surface area contributed by atoms with Crippen molar-refractivity contribution in [2.75, 3.05) is 6.54 Å². The van der Waals surface area contributed by atoms with Crippen molar-refractivity contribution in [1.29, 1.82) is 0 Å². The van der Waals surface area contributed by atoms with Gasteiger partial charge in [-0.05, 0) is 31.9 Å². The predicted molar refractivity (Wildman–Crippen MR) is 83.7 cm³/mol. The summed E-state index contributed by atoms with van der Waals surface area (Å²) in [6.45, 7) is 8.54. The topological polar surface area (TPSA) is 24.9 Å². The van der Waals surface area contributed by atoms with Crippen molar-refractivity contribution < 1.29 is 0 Å². The first-order valence-electron chi connectivity index (χ1n) is 7.01. The zero-order valence-corrected chi connectivity index (χ0v) is 12.8. The van der Waals surface area contributed by atoms with Crippen molar-refractivity contribution in [3.8, 4) is 10.6 Å². The molecule has 0 unspecified atom stereocenters. The summed E-state index contributed by atoms with van der Waals surface area (Å²) in [5.74, 6) is 0. The molecule has 2 nitrogen and oxygen atoms in total. The fourth-order valence-electron chi connectivity index (χ4n) is 2.10. The van der Waals surface area contributed by atoms with Crippen LogP contribution in [-0.2, 0) is 13.0 Å². The minimum Gasteiger partial charge on any atom is -0.312 e. The maximum absolute atomic E-state index is 4.82. The van der Waals surface area contributed by atoms with E-state index in [9.17, 15) is 0 Å². The van der Waals surface area contributed by atoms with Gasteiger partial charge in [0.25, 0.3) is 0 Å². The minimum atomic E-state index is 0.945. The Bertz CT molecular complexity index is 531. The lowest BCUT2D eigenvalue weighted by atomic mass is 10.1. The van der Waals surface area contributed by atoms with Crippen molar-refractivity contribution in [2.24, 2.45) is 0 Å². The van der Waals surface area contributed by atoms with E-state index in [1.807, 2.05) is 11.3 Å². The van der Waals surface area contributed by atoms with E-state index in [1.165, 1.54) is 28.1 Å². The van der Waals surface area contributed by atoms with Gasteiger partial charge in [0.05, 0.1) is 5.69 Å². The van der Waals surface area contributed by atoms with E-state index in [0.29, 0.717) is 0 Å². The van der Waals surface area contributed by atoms with Crippen molar-refractivity contribution in [3.05, 3.63) is 40.4 Å². The molecular formula is C16H22N2S. The number of nitrogens with zero attached hydrogens (tertiary/aromatic N) is 1. The zero-order chi connectivity index (χ0) is 13.7. The standard InChI is InChI=1S/C16H22N2S/c1-4-10-17-11-15-14(5-2)18-16(19-15)13-9-7-6-8-12(13)3/h6-9,17H,4-5,10-11H2,1-3H3. The Labute approximate surface area is 119 Å². The van der Waals surface area contributed by atoms with Crippen LogP contribution in [0.5, 0.6) is 0 Å². The highest BCUT2D eigenvalue weighted by molar-refractivity contribution is 7.15. The van der Waals surface area contributed by atoms with E-state index in [0.717, 1.165) is 24.5 Å². The third kappa shape index (κ3) is 3.43. The number of nitrogens with one attached hydrogen (secondary N) is 1. The number of aryl methyl sites for hydroxylation is 2. The summed E-state index contributed by atoms with van der Waals surface area (Å²) in [5.41, 5.74) is 3.81. The Morgan fingerprint density at radius 1 is 1.21 bits per heavy atom. The molecule has 1 heterocycles. The molecule has 0 saturated carbocycles. The molecule has 0 amide bonds. The van der Waals surface area contributed by atoms with Crippen LogP contribution in [0.3, 0.4) is 0 Å². The molecule has 19 heavy (non-hydrogen) atoms. The van der Waals surface area contributed by atoms with Gasteiger partial charge in [-0.3, -0.25) is 0 Å². The number of aromatic nitrogens is 1. The molecule has 1 aromatic heterocycles. The van der Waals surface area contributed by atoms with E-state index in [-0.39, 0.29) is 0 Å². The molecule has 0 aliphatic heterocycles. The second kappa shape index (κ2) is 6.83. The Kier molecular flexibility index (Phi) is 5.11. The molecule has 2 rings (SSSR count). The predicted octanol–water partition coefficient (Wildman–Crippen LogP) is 4.18. The van der Waals surface area contributed by atoms with Gasteiger partial charge in [-0.1, -0.05) is 38.1 Å². The number of thiazole rings is 1. The molecule has 2 aromatic rings.